The number of carbonyl (C=O) groups is 2. The van der Waals surface area contributed by atoms with Crippen molar-refractivity contribution in [2.45, 2.75) is 6.92 Å². The lowest BCUT2D eigenvalue weighted by atomic mass is 10.3. The van der Waals surface area contributed by atoms with E-state index >= 15 is 0 Å². The number of aryl methyl sites for hydroxylation is 1. The second kappa shape index (κ2) is 8.30. The number of amides is 3. The molecule has 0 saturated carbocycles. The quantitative estimate of drug-likeness (QED) is 0.737. The van der Waals surface area contributed by atoms with Gasteiger partial charge in [-0.2, -0.15) is 0 Å². The Hall–Kier alpha value is -2.61. The summed E-state index contributed by atoms with van der Waals surface area (Å²) in [5.74, 6) is 0.515. The normalized spacial score (nSPS) is 10.1. The molecule has 0 spiro atoms. The molecule has 0 aliphatic carbocycles. The first-order valence-corrected chi connectivity index (χ1v) is 7.93. The highest BCUT2D eigenvalue weighted by Crippen LogP contribution is 2.14. The van der Waals surface area contributed by atoms with Gasteiger partial charge < -0.3 is 20.1 Å². The third-order valence-electron chi connectivity index (χ3n) is 2.96. The van der Waals surface area contributed by atoms with Gasteiger partial charge in [-0.15, -0.1) is 6.58 Å². The van der Waals surface area contributed by atoms with Crippen molar-refractivity contribution in [1.29, 1.82) is 0 Å². The molecule has 3 amide bonds. The summed E-state index contributed by atoms with van der Waals surface area (Å²) in [5, 5.41) is 8.98. The Bertz CT molecular complexity index is 727. The maximum atomic E-state index is 12.3. The topological polar surface area (TPSA) is 87.5 Å². The predicted molar refractivity (Wildman–Crippen MR) is 94.8 cm³/mol. The molecule has 24 heavy (non-hydrogen) atoms. The van der Waals surface area contributed by atoms with Crippen LogP contribution in [0.25, 0.3) is 0 Å². The minimum atomic E-state index is -0.399. The molecule has 1 aromatic carbocycles. The Morgan fingerprint density at radius 3 is 2.62 bits per heavy atom. The average Bonchev–Trinajstić information content (AvgIpc) is 2.94. The highest BCUT2D eigenvalue weighted by atomic mass is 79.9. The van der Waals surface area contributed by atoms with E-state index in [-0.39, 0.29) is 19.0 Å². The second-order valence-corrected chi connectivity index (χ2v) is 5.89. The van der Waals surface area contributed by atoms with E-state index in [9.17, 15) is 9.59 Å². The molecule has 2 rings (SSSR count). The second-order valence-electron chi connectivity index (χ2n) is 4.98. The lowest BCUT2D eigenvalue weighted by Crippen LogP contribution is -2.40. The van der Waals surface area contributed by atoms with Gasteiger partial charge in [0.2, 0.25) is 5.91 Å². The van der Waals surface area contributed by atoms with Crippen LogP contribution in [0.4, 0.5) is 16.3 Å². The summed E-state index contributed by atoms with van der Waals surface area (Å²) >= 11 is 3.33. The zero-order valence-corrected chi connectivity index (χ0v) is 14.7. The van der Waals surface area contributed by atoms with E-state index in [1.807, 2.05) is 12.1 Å². The van der Waals surface area contributed by atoms with Crippen LogP contribution >= 0.6 is 15.9 Å². The number of hydrogen-bond donors (Lipinski definition) is 2. The summed E-state index contributed by atoms with van der Waals surface area (Å²) in [6.07, 6.45) is 1.55. The van der Waals surface area contributed by atoms with E-state index in [1.165, 1.54) is 4.90 Å². The van der Waals surface area contributed by atoms with Crippen LogP contribution in [0, 0.1) is 6.92 Å². The minimum Gasteiger partial charge on any atom is -0.360 e. The van der Waals surface area contributed by atoms with Crippen molar-refractivity contribution in [1.82, 2.24) is 10.1 Å². The molecule has 0 aliphatic heterocycles. The van der Waals surface area contributed by atoms with Crippen molar-refractivity contribution in [3.05, 3.63) is 53.2 Å². The molecule has 1 heterocycles. The van der Waals surface area contributed by atoms with Gasteiger partial charge in [0.15, 0.2) is 5.82 Å². The fourth-order valence-corrected chi connectivity index (χ4v) is 2.16. The van der Waals surface area contributed by atoms with Crippen molar-refractivity contribution in [3.63, 3.8) is 0 Å². The monoisotopic (exact) mass is 392 g/mol. The zero-order chi connectivity index (χ0) is 17.5. The number of benzene rings is 1. The Morgan fingerprint density at radius 1 is 1.33 bits per heavy atom. The molecule has 0 unspecified atom stereocenters. The van der Waals surface area contributed by atoms with Crippen molar-refractivity contribution in [3.8, 4) is 0 Å². The van der Waals surface area contributed by atoms with Gasteiger partial charge in [-0.1, -0.05) is 27.2 Å². The lowest BCUT2D eigenvalue weighted by molar-refractivity contribution is -0.116. The molecule has 0 saturated heterocycles. The molecule has 8 heteroatoms. The maximum absolute atomic E-state index is 12.3. The van der Waals surface area contributed by atoms with Crippen LogP contribution < -0.4 is 10.6 Å². The molecule has 126 valence electrons. The van der Waals surface area contributed by atoms with Gasteiger partial charge in [-0.25, -0.2) is 4.79 Å². The molecule has 7 nitrogen and oxygen atoms in total. The third kappa shape index (κ3) is 5.24. The fourth-order valence-electron chi connectivity index (χ4n) is 1.89. The number of rotatable bonds is 6. The van der Waals surface area contributed by atoms with Gasteiger partial charge >= 0.3 is 6.03 Å². The first kappa shape index (κ1) is 17.7. The Balaban J connectivity index is 1.96. The summed E-state index contributed by atoms with van der Waals surface area (Å²) in [7, 11) is 0. The summed E-state index contributed by atoms with van der Waals surface area (Å²) in [6, 6.07) is 8.33. The summed E-state index contributed by atoms with van der Waals surface area (Å²) in [4.78, 5) is 25.7. The highest BCUT2D eigenvalue weighted by molar-refractivity contribution is 9.10. The van der Waals surface area contributed by atoms with Crippen LogP contribution in [0.2, 0.25) is 0 Å². The van der Waals surface area contributed by atoms with Crippen molar-refractivity contribution >= 4 is 39.4 Å². The molecule has 0 bridgehead atoms. The van der Waals surface area contributed by atoms with Crippen molar-refractivity contribution < 1.29 is 14.1 Å². The maximum Gasteiger partial charge on any atom is 0.322 e. The molecule has 1 aromatic heterocycles. The Morgan fingerprint density at radius 2 is 2.04 bits per heavy atom. The number of hydrogen-bond acceptors (Lipinski definition) is 4. The number of carbonyl (C=O) groups excluding carboxylic acids is 2. The van der Waals surface area contributed by atoms with E-state index in [2.05, 4.69) is 38.3 Å². The van der Waals surface area contributed by atoms with Crippen LogP contribution in [0.1, 0.15) is 5.76 Å². The standard InChI is InChI=1S/C16H17BrN4O3/c1-3-8-21(10-15(22)19-14-9-11(2)24-20-14)16(23)18-13-6-4-12(17)5-7-13/h3-7,9H,1,8,10H2,2H3,(H,18,23)(H,19,20,22). The van der Waals surface area contributed by atoms with E-state index in [1.54, 1.807) is 31.2 Å². The molecule has 0 atom stereocenters. The molecular weight excluding hydrogens is 376 g/mol. The van der Waals surface area contributed by atoms with Gasteiger partial charge in [0, 0.05) is 22.8 Å². The molecule has 2 N–H and O–H groups in total. The average molecular weight is 393 g/mol. The van der Waals surface area contributed by atoms with Gasteiger partial charge in [-0.05, 0) is 31.2 Å². The lowest BCUT2D eigenvalue weighted by Gasteiger charge is -2.20. The first-order chi connectivity index (χ1) is 11.5. The van der Waals surface area contributed by atoms with Crippen LogP contribution in [0.15, 0.2) is 52.0 Å². The number of aromatic nitrogens is 1. The van der Waals surface area contributed by atoms with Crippen LogP contribution in [0.3, 0.4) is 0 Å². The zero-order valence-electron chi connectivity index (χ0n) is 13.1. The van der Waals surface area contributed by atoms with Gasteiger partial charge in [0.25, 0.3) is 0 Å². The van der Waals surface area contributed by atoms with Crippen LogP contribution in [-0.4, -0.2) is 35.1 Å². The smallest absolute Gasteiger partial charge is 0.322 e. The van der Waals surface area contributed by atoms with Crippen molar-refractivity contribution in [2.24, 2.45) is 0 Å². The Labute approximate surface area is 147 Å². The summed E-state index contributed by atoms with van der Waals surface area (Å²) < 4.78 is 5.78. The minimum absolute atomic E-state index is 0.139. The van der Waals surface area contributed by atoms with E-state index < -0.39 is 6.03 Å². The van der Waals surface area contributed by atoms with Gasteiger partial charge in [0.1, 0.15) is 12.3 Å². The Kier molecular flexibility index (Phi) is 6.14. The number of anilines is 2. The molecule has 0 fully saturated rings. The molecule has 2 aromatic rings. The largest absolute Gasteiger partial charge is 0.360 e. The SMILES string of the molecule is C=CCN(CC(=O)Nc1cc(C)on1)C(=O)Nc1ccc(Br)cc1. The number of nitrogens with zero attached hydrogens (tertiary/aromatic N) is 2. The number of halogens is 1. The van der Waals surface area contributed by atoms with Crippen LogP contribution in [-0.2, 0) is 4.79 Å². The first-order valence-electron chi connectivity index (χ1n) is 7.13. The third-order valence-corrected chi connectivity index (χ3v) is 3.49. The summed E-state index contributed by atoms with van der Waals surface area (Å²) in [5.41, 5.74) is 0.629. The van der Waals surface area contributed by atoms with E-state index in [4.69, 9.17) is 4.52 Å². The van der Waals surface area contributed by atoms with E-state index in [0.29, 0.717) is 17.3 Å². The molecule has 0 aliphatic rings. The van der Waals surface area contributed by atoms with Gasteiger partial charge in [0.05, 0.1) is 0 Å². The highest BCUT2D eigenvalue weighted by Gasteiger charge is 2.17. The molecule has 0 radical (unpaired) electrons. The van der Waals surface area contributed by atoms with E-state index in [0.717, 1.165) is 4.47 Å². The van der Waals surface area contributed by atoms with Crippen LogP contribution in [0.5, 0.6) is 0 Å². The van der Waals surface area contributed by atoms with Gasteiger partial charge in [-0.3, -0.25) is 4.79 Å². The number of urea groups is 1. The summed E-state index contributed by atoms with van der Waals surface area (Å²) in [6.45, 7) is 5.42. The molecular formula is C16H17BrN4O3. The predicted octanol–water partition coefficient (Wildman–Crippen LogP) is 3.40. The number of nitrogens with one attached hydrogen (secondary N) is 2. The fraction of sp³-hybridized carbons (Fsp3) is 0.188. The van der Waals surface area contributed by atoms with Crippen molar-refractivity contribution in [2.75, 3.05) is 23.7 Å².